The second kappa shape index (κ2) is 7.30. The van der Waals surface area contributed by atoms with Crippen molar-refractivity contribution in [1.82, 2.24) is 9.97 Å². The molecule has 28 heavy (non-hydrogen) atoms. The zero-order chi connectivity index (χ0) is 19.7. The van der Waals surface area contributed by atoms with Crippen molar-refractivity contribution in [2.45, 2.75) is 51.9 Å². The lowest BCUT2D eigenvalue weighted by molar-refractivity contribution is -0.117. The highest BCUT2D eigenvalue weighted by atomic mass is 16.5. The van der Waals surface area contributed by atoms with E-state index in [1.54, 1.807) is 0 Å². The summed E-state index contributed by atoms with van der Waals surface area (Å²) in [6, 6.07) is 12.1. The summed E-state index contributed by atoms with van der Waals surface area (Å²) in [5.41, 5.74) is 4.67. The molecule has 5 heteroatoms. The Labute approximate surface area is 165 Å². The van der Waals surface area contributed by atoms with Gasteiger partial charge in [-0.15, -0.1) is 0 Å². The van der Waals surface area contributed by atoms with Crippen molar-refractivity contribution >= 4 is 22.6 Å². The number of ether oxygens (including phenoxy) is 1. The maximum Gasteiger partial charge on any atom is 0.225 e. The van der Waals surface area contributed by atoms with Crippen LogP contribution >= 0.6 is 0 Å². The number of unbranched alkanes of at least 4 members (excludes halogenated alkanes) is 2. The lowest BCUT2D eigenvalue weighted by Crippen LogP contribution is -2.32. The Hall–Kier alpha value is -2.82. The van der Waals surface area contributed by atoms with Gasteiger partial charge in [0.15, 0.2) is 0 Å². The second-order valence-electron chi connectivity index (χ2n) is 8.19. The van der Waals surface area contributed by atoms with E-state index in [1.807, 2.05) is 30.3 Å². The van der Waals surface area contributed by atoms with Crippen LogP contribution in [0.15, 0.2) is 36.4 Å². The molecule has 0 atom stereocenters. The van der Waals surface area contributed by atoms with Crippen LogP contribution in [0.2, 0.25) is 0 Å². The first kappa shape index (κ1) is 18.5. The summed E-state index contributed by atoms with van der Waals surface area (Å²) in [5.74, 6) is 1.76. The number of nitrogens with zero attached hydrogens (tertiary/aromatic N) is 1. The molecular weight excluding hydrogens is 350 g/mol. The van der Waals surface area contributed by atoms with Crippen molar-refractivity contribution < 1.29 is 9.53 Å². The number of benzene rings is 2. The van der Waals surface area contributed by atoms with Crippen LogP contribution in [0.3, 0.4) is 0 Å². The number of hydrogen-bond acceptors (Lipinski definition) is 3. The summed E-state index contributed by atoms with van der Waals surface area (Å²) >= 11 is 0. The lowest BCUT2D eigenvalue weighted by Gasteiger charge is -2.31. The monoisotopic (exact) mass is 377 g/mol. The van der Waals surface area contributed by atoms with Gasteiger partial charge < -0.3 is 15.0 Å². The summed E-state index contributed by atoms with van der Waals surface area (Å²) in [7, 11) is 0. The molecular formula is C23H27N3O2. The first-order valence-electron chi connectivity index (χ1n) is 10.0. The molecule has 1 amide bonds. The predicted octanol–water partition coefficient (Wildman–Crippen LogP) is 5.42. The Morgan fingerprint density at radius 3 is 2.68 bits per heavy atom. The van der Waals surface area contributed by atoms with E-state index >= 15 is 0 Å². The molecule has 0 unspecified atom stereocenters. The number of aromatic amines is 1. The van der Waals surface area contributed by atoms with E-state index in [0.717, 1.165) is 52.4 Å². The number of amides is 1. The molecule has 5 nitrogen and oxygen atoms in total. The number of rotatable bonds is 6. The smallest absolute Gasteiger partial charge is 0.225 e. The fourth-order valence-electron chi connectivity index (χ4n) is 3.80. The normalized spacial score (nSPS) is 15.3. The number of carbonyl (C=O) groups excluding carboxylic acids is 1. The van der Waals surface area contributed by atoms with Gasteiger partial charge in [0.1, 0.15) is 11.6 Å². The molecule has 2 N–H and O–H groups in total. The summed E-state index contributed by atoms with van der Waals surface area (Å²) in [4.78, 5) is 20.2. The maximum absolute atomic E-state index is 12.0. The highest BCUT2D eigenvalue weighted by molar-refractivity contribution is 5.98. The Morgan fingerprint density at radius 1 is 1.14 bits per heavy atom. The van der Waals surface area contributed by atoms with E-state index < -0.39 is 0 Å². The van der Waals surface area contributed by atoms with Gasteiger partial charge in [0.2, 0.25) is 5.91 Å². The number of aromatic nitrogens is 2. The molecule has 1 aliphatic heterocycles. The number of hydrogen-bond donors (Lipinski definition) is 2. The van der Waals surface area contributed by atoms with Crippen LogP contribution in [0, 0.1) is 0 Å². The third kappa shape index (κ3) is 3.61. The van der Waals surface area contributed by atoms with Crippen molar-refractivity contribution in [3.63, 3.8) is 0 Å². The largest absolute Gasteiger partial charge is 0.494 e. The minimum absolute atomic E-state index is 0.0575. The molecule has 2 heterocycles. The summed E-state index contributed by atoms with van der Waals surface area (Å²) < 4.78 is 5.79. The molecule has 1 aromatic heterocycles. The van der Waals surface area contributed by atoms with Crippen molar-refractivity contribution in [1.29, 1.82) is 0 Å². The molecule has 0 spiro atoms. The summed E-state index contributed by atoms with van der Waals surface area (Å²) in [5, 5.41) is 2.98. The number of carbonyl (C=O) groups is 1. The fraction of sp³-hybridized carbons (Fsp3) is 0.391. The minimum atomic E-state index is -0.187. The van der Waals surface area contributed by atoms with Gasteiger partial charge in [-0.3, -0.25) is 4.79 Å². The van der Waals surface area contributed by atoms with Crippen LogP contribution < -0.4 is 10.1 Å². The Bertz CT molecular complexity index is 1000. The average Bonchev–Trinajstić information content (AvgIpc) is 3.07. The molecule has 0 saturated heterocycles. The highest BCUT2D eigenvalue weighted by Gasteiger charge is 2.32. The molecule has 0 fully saturated rings. The van der Waals surface area contributed by atoms with E-state index in [2.05, 4.69) is 37.1 Å². The minimum Gasteiger partial charge on any atom is -0.494 e. The summed E-state index contributed by atoms with van der Waals surface area (Å²) in [6.45, 7) is 7.15. The van der Waals surface area contributed by atoms with Gasteiger partial charge in [-0.1, -0.05) is 33.6 Å². The third-order valence-corrected chi connectivity index (χ3v) is 5.37. The molecule has 2 aromatic carbocycles. The first-order chi connectivity index (χ1) is 13.5. The van der Waals surface area contributed by atoms with Gasteiger partial charge in [0.25, 0.3) is 0 Å². The Kier molecular flexibility index (Phi) is 4.84. The zero-order valence-electron chi connectivity index (χ0n) is 16.8. The van der Waals surface area contributed by atoms with E-state index in [9.17, 15) is 4.79 Å². The van der Waals surface area contributed by atoms with E-state index in [-0.39, 0.29) is 11.3 Å². The molecule has 0 radical (unpaired) electrons. The molecule has 3 aromatic rings. The summed E-state index contributed by atoms with van der Waals surface area (Å²) in [6.07, 6.45) is 3.96. The van der Waals surface area contributed by atoms with Gasteiger partial charge in [0.05, 0.1) is 17.6 Å². The SMILES string of the molecule is CCCCCOc1ccc(-c2nc3cc4c(cc3[nH]2)C(C)(C)CC(=O)N4)cc1. The number of anilines is 1. The Balaban J connectivity index is 1.59. The van der Waals surface area contributed by atoms with Crippen LogP contribution in [0.4, 0.5) is 5.69 Å². The number of nitrogens with one attached hydrogen (secondary N) is 2. The van der Waals surface area contributed by atoms with Gasteiger partial charge in [0, 0.05) is 23.1 Å². The van der Waals surface area contributed by atoms with Gasteiger partial charge in [-0.25, -0.2) is 4.98 Å². The van der Waals surface area contributed by atoms with Crippen molar-refractivity contribution in [3.05, 3.63) is 42.0 Å². The van der Waals surface area contributed by atoms with Crippen LogP contribution in [-0.4, -0.2) is 22.5 Å². The second-order valence-corrected chi connectivity index (χ2v) is 8.19. The van der Waals surface area contributed by atoms with E-state index in [0.29, 0.717) is 6.42 Å². The van der Waals surface area contributed by atoms with Crippen LogP contribution in [0.1, 0.15) is 52.0 Å². The van der Waals surface area contributed by atoms with Crippen molar-refractivity contribution in [3.8, 4) is 17.1 Å². The van der Waals surface area contributed by atoms with E-state index in [4.69, 9.17) is 9.72 Å². The Morgan fingerprint density at radius 2 is 1.93 bits per heavy atom. The standard InChI is InChI=1S/C23H27N3O2/c1-4-5-6-11-28-16-9-7-15(8-10-16)22-25-19-12-17-18(13-20(19)26-22)24-21(27)14-23(17,2)3/h7-10,12-13H,4-6,11,14H2,1-3H3,(H,24,27)(H,25,26). The van der Waals surface area contributed by atoms with E-state index in [1.165, 1.54) is 12.8 Å². The topological polar surface area (TPSA) is 67.0 Å². The molecule has 0 bridgehead atoms. The average molecular weight is 377 g/mol. The van der Waals surface area contributed by atoms with Crippen LogP contribution in [-0.2, 0) is 10.2 Å². The van der Waals surface area contributed by atoms with Gasteiger partial charge in [-0.2, -0.15) is 0 Å². The maximum atomic E-state index is 12.0. The number of imidazole rings is 1. The quantitative estimate of drug-likeness (QED) is 0.564. The van der Waals surface area contributed by atoms with Crippen molar-refractivity contribution in [2.75, 3.05) is 11.9 Å². The predicted molar refractivity (Wildman–Crippen MR) is 113 cm³/mol. The van der Waals surface area contributed by atoms with Gasteiger partial charge in [-0.05, 0) is 48.4 Å². The molecule has 1 aliphatic rings. The lowest BCUT2D eigenvalue weighted by atomic mass is 9.78. The number of H-pyrrole nitrogens is 1. The molecule has 146 valence electrons. The number of fused-ring (bicyclic) bond motifs is 2. The molecule has 0 saturated carbocycles. The fourth-order valence-corrected chi connectivity index (χ4v) is 3.80. The highest BCUT2D eigenvalue weighted by Crippen LogP contribution is 2.39. The first-order valence-corrected chi connectivity index (χ1v) is 10.0. The van der Waals surface area contributed by atoms with Crippen LogP contribution in [0.25, 0.3) is 22.4 Å². The molecule has 4 rings (SSSR count). The third-order valence-electron chi connectivity index (χ3n) is 5.37. The van der Waals surface area contributed by atoms with Crippen molar-refractivity contribution in [2.24, 2.45) is 0 Å². The van der Waals surface area contributed by atoms with Gasteiger partial charge >= 0.3 is 0 Å². The van der Waals surface area contributed by atoms with Crippen LogP contribution in [0.5, 0.6) is 5.75 Å². The zero-order valence-corrected chi connectivity index (χ0v) is 16.8. The molecule has 0 aliphatic carbocycles.